The molecule has 2 atom stereocenters. The van der Waals surface area contributed by atoms with Crippen molar-refractivity contribution in [3.8, 4) is 0 Å². The molecule has 1 aliphatic rings. The molecule has 0 unspecified atom stereocenters. The van der Waals surface area contributed by atoms with Gasteiger partial charge in [-0.2, -0.15) is 5.10 Å². The first-order valence-electron chi connectivity index (χ1n) is 8.83. The number of rotatable bonds is 7. The number of nitrogens with one attached hydrogen (secondary N) is 2. The van der Waals surface area contributed by atoms with Crippen molar-refractivity contribution >= 4 is 11.7 Å². The monoisotopic (exact) mass is 339 g/mol. The normalized spacial score (nSPS) is 18.1. The van der Waals surface area contributed by atoms with E-state index in [0.29, 0.717) is 12.6 Å². The molecular formula is C19H25N5O. The number of benzene rings is 1. The fourth-order valence-electron chi connectivity index (χ4n) is 3.27. The molecule has 132 valence electrons. The van der Waals surface area contributed by atoms with Crippen LogP contribution in [0.4, 0.5) is 5.82 Å². The summed E-state index contributed by atoms with van der Waals surface area (Å²) >= 11 is 0. The van der Waals surface area contributed by atoms with Crippen LogP contribution < -0.4 is 15.5 Å². The van der Waals surface area contributed by atoms with Crippen LogP contribution in [0.1, 0.15) is 31.4 Å². The quantitative estimate of drug-likeness (QED) is 0.806. The van der Waals surface area contributed by atoms with Gasteiger partial charge in [0.25, 0.3) is 0 Å². The second-order valence-electron chi connectivity index (χ2n) is 6.40. The molecule has 6 heteroatoms. The van der Waals surface area contributed by atoms with Crippen molar-refractivity contribution < 1.29 is 4.79 Å². The van der Waals surface area contributed by atoms with Crippen LogP contribution in [0, 0.1) is 0 Å². The maximum Gasteiger partial charge on any atom is 0.234 e. The van der Waals surface area contributed by atoms with Crippen LogP contribution in [0.2, 0.25) is 0 Å². The molecule has 0 bridgehead atoms. The van der Waals surface area contributed by atoms with Gasteiger partial charge in [-0.25, -0.2) is 0 Å². The summed E-state index contributed by atoms with van der Waals surface area (Å²) < 4.78 is 0. The summed E-state index contributed by atoms with van der Waals surface area (Å²) in [4.78, 5) is 14.4. The van der Waals surface area contributed by atoms with Crippen molar-refractivity contribution in [1.82, 2.24) is 20.8 Å². The Morgan fingerprint density at radius 2 is 2.12 bits per heavy atom. The van der Waals surface area contributed by atoms with Gasteiger partial charge in [-0.3, -0.25) is 4.79 Å². The lowest BCUT2D eigenvalue weighted by molar-refractivity contribution is -0.120. The first-order chi connectivity index (χ1) is 12.2. The molecule has 2 heterocycles. The highest BCUT2D eigenvalue weighted by molar-refractivity contribution is 5.78. The number of anilines is 1. The van der Waals surface area contributed by atoms with Crippen LogP contribution in [-0.4, -0.2) is 41.8 Å². The molecule has 25 heavy (non-hydrogen) atoms. The standard InChI is InChI=1S/C19H25N5O/c1-15(16-7-3-2-4-8-16)22-19(25)14-20-13-17-9-6-12-24(17)18-10-5-11-21-23-18/h2-5,7-8,10-11,15,17,20H,6,9,12-14H2,1H3,(H,22,25)/t15-,17-/m1/s1. The zero-order valence-corrected chi connectivity index (χ0v) is 14.6. The molecule has 1 aromatic heterocycles. The fourth-order valence-corrected chi connectivity index (χ4v) is 3.27. The Kier molecular flexibility index (Phi) is 5.95. The van der Waals surface area contributed by atoms with Crippen LogP contribution in [-0.2, 0) is 4.79 Å². The van der Waals surface area contributed by atoms with E-state index in [1.807, 2.05) is 49.4 Å². The van der Waals surface area contributed by atoms with Crippen molar-refractivity contribution in [2.24, 2.45) is 0 Å². The van der Waals surface area contributed by atoms with Crippen LogP contribution in [0.3, 0.4) is 0 Å². The number of carbonyl (C=O) groups excluding carboxylic acids is 1. The smallest absolute Gasteiger partial charge is 0.234 e. The summed E-state index contributed by atoms with van der Waals surface area (Å²) in [6.07, 6.45) is 3.93. The minimum Gasteiger partial charge on any atom is -0.351 e. The third-order valence-electron chi connectivity index (χ3n) is 4.57. The van der Waals surface area contributed by atoms with Crippen LogP contribution in [0.25, 0.3) is 0 Å². The Morgan fingerprint density at radius 3 is 2.88 bits per heavy atom. The Morgan fingerprint density at radius 1 is 1.28 bits per heavy atom. The summed E-state index contributed by atoms with van der Waals surface area (Å²) in [6, 6.07) is 14.3. The topological polar surface area (TPSA) is 70.2 Å². The van der Waals surface area contributed by atoms with Crippen molar-refractivity contribution in [2.45, 2.75) is 31.8 Å². The van der Waals surface area contributed by atoms with E-state index < -0.39 is 0 Å². The number of nitrogens with zero attached hydrogens (tertiary/aromatic N) is 3. The van der Waals surface area contributed by atoms with Crippen LogP contribution in [0.15, 0.2) is 48.7 Å². The molecule has 2 aromatic rings. The van der Waals surface area contributed by atoms with Crippen LogP contribution >= 0.6 is 0 Å². The lowest BCUT2D eigenvalue weighted by Gasteiger charge is -2.25. The van der Waals surface area contributed by atoms with E-state index in [9.17, 15) is 4.79 Å². The molecule has 1 amide bonds. The predicted molar refractivity (Wildman–Crippen MR) is 98.3 cm³/mol. The molecule has 0 spiro atoms. The first-order valence-corrected chi connectivity index (χ1v) is 8.83. The van der Waals surface area contributed by atoms with E-state index in [-0.39, 0.29) is 11.9 Å². The summed E-state index contributed by atoms with van der Waals surface area (Å²) in [5.41, 5.74) is 1.11. The summed E-state index contributed by atoms with van der Waals surface area (Å²) in [7, 11) is 0. The van der Waals surface area contributed by atoms with Gasteiger partial charge in [0, 0.05) is 25.3 Å². The highest BCUT2D eigenvalue weighted by atomic mass is 16.1. The van der Waals surface area contributed by atoms with Gasteiger partial charge in [-0.05, 0) is 37.5 Å². The van der Waals surface area contributed by atoms with E-state index in [1.165, 1.54) is 0 Å². The number of hydrogen-bond donors (Lipinski definition) is 2. The van der Waals surface area contributed by atoms with Crippen LogP contribution in [0.5, 0.6) is 0 Å². The Labute approximate surface area is 148 Å². The minimum atomic E-state index is 0.0121. The molecule has 0 saturated carbocycles. The predicted octanol–water partition coefficient (Wildman–Crippen LogP) is 1.91. The molecule has 1 fully saturated rings. The summed E-state index contributed by atoms with van der Waals surface area (Å²) in [6.45, 7) is 4.08. The van der Waals surface area contributed by atoms with Gasteiger partial charge in [0.15, 0.2) is 5.82 Å². The third kappa shape index (κ3) is 4.76. The highest BCUT2D eigenvalue weighted by Crippen LogP contribution is 2.22. The zero-order valence-electron chi connectivity index (χ0n) is 14.6. The third-order valence-corrected chi connectivity index (χ3v) is 4.57. The first kappa shape index (κ1) is 17.4. The second kappa shape index (κ2) is 8.58. The fraction of sp³-hybridized carbons (Fsp3) is 0.421. The largest absolute Gasteiger partial charge is 0.351 e. The molecule has 0 radical (unpaired) electrons. The second-order valence-corrected chi connectivity index (χ2v) is 6.40. The average molecular weight is 339 g/mol. The molecule has 1 aliphatic heterocycles. The lowest BCUT2D eigenvalue weighted by Crippen LogP contribution is -2.42. The van der Waals surface area contributed by atoms with Gasteiger partial charge in [0.2, 0.25) is 5.91 Å². The lowest BCUT2D eigenvalue weighted by atomic mass is 10.1. The van der Waals surface area contributed by atoms with E-state index in [0.717, 1.165) is 37.3 Å². The Bertz CT molecular complexity index is 664. The molecule has 1 saturated heterocycles. The number of hydrogen-bond acceptors (Lipinski definition) is 5. The number of aromatic nitrogens is 2. The Hall–Kier alpha value is -2.47. The molecule has 6 nitrogen and oxygen atoms in total. The van der Waals surface area contributed by atoms with Gasteiger partial charge in [0.1, 0.15) is 0 Å². The van der Waals surface area contributed by atoms with Crippen molar-refractivity contribution in [3.05, 3.63) is 54.2 Å². The molecule has 2 N–H and O–H groups in total. The number of carbonyl (C=O) groups is 1. The van der Waals surface area contributed by atoms with Crippen molar-refractivity contribution in [1.29, 1.82) is 0 Å². The summed E-state index contributed by atoms with van der Waals surface area (Å²) in [5.74, 6) is 0.925. The number of amides is 1. The van der Waals surface area contributed by atoms with E-state index in [2.05, 4.69) is 25.7 Å². The maximum atomic E-state index is 12.1. The molecular weight excluding hydrogens is 314 g/mol. The van der Waals surface area contributed by atoms with E-state index in [4.69, 9.17) is 0 Å². The summed E-state index contributed by atoms with van der Waals surface area (Å²) in [5, 5.41) is 14.5. The van der Waals surface area contributed by atoms with E-state index >= 15 is 0 Å². The molecule has 0 aliphatic carbocycles. The molecule has 3 rings (SSSR count). The van der Waals surface area contributed by atoms with Gasteiger partial charge in [0.05, 0.1) is 12.6 Å². The highest BCUT2D eigenvalue weighted by Gasteiger charge is 2.25. The van der Waals surface area contributed by atoms with Gasteiger partial charge >= 0.3 is 0 Å². The van der Waals surface area contributed by atoms with E-state index in [1.54, 1.807) is 6.20 Å². The minimum absolute atomic E-state index is 0.0121. The maximum absolute atomic E-state index is 12.1. The van der Waals surface area contributed by atoms with Gasteiger partial charge < -0.3 is 15.5 Å². The molecule has 1 aromatic carbocycles. The SMILES string of the molecule is C[C@@H](NC(=O)CNC[C@H]1CCCN1c1cccnn1)c1ccccc1. The van der Waals surface area contributed by atoms with Gasteiger partial charge in [-0.15, -0.1) is 5.10 Å². The van der Waals surface area contributed by atoms with Crippen molar-refractivity contribution in [3.63, 3.8) is 0 Å². The Balaban J connectivity index is 1.44. The average Bonchev–Trinajstić information content (AvgIpc) is 3.11. The zero-order chi connectivity index (χ0) is 17.5. The van der Waals surface area contributed by atoms with Crippen molar-refractivity contribution in [2.75, 3.05) is 24.5 Å². The van der Waals surface area contributed by atoms with Gasteiger partial charge in [-0.1, -0.05) is 30.3 Å².